The number of ketones is 2. The monoisotopic (exact) mass is 256 g/mol. The highest BCUT2D eigenvalue weighted by Gasteiger charge is 2.12. The van der Waals surface area contributed by atoms with Gasteiger partial charge >= 0.3 is 0 Å². The summed E-state index contributed by atoms with van der Waals surface area (Å²) >= 11 is 0. The van der Waals surface area contributed by atoms with Gasteiger partial charge in [-0.1, -0.05) is 56.3 Å². The lowest BCUT2D eigenvalue weighted by Crippen LogP contribution is -2.07. The SMILES string of the molecule is CC(=O)/C=C/CC(C)(C)/C=C/C(=O)c1ccccc1. The summed E-state index contributed by atoms with van der Waals surface area (Å²) in [6.45, 7) is 5.59. The highest BCUT2D eigenvalue weighted by Crippen LogP contribution is 2.23. The smallest absolute Gasteiger partial charge is 0.185 e. The molecule has 0 aliphatic carbocycles. The summed E-state index contributed by atoms with van der Waals surface area (Å²) in [5.41, 5.74) is 0.546. The van der Waals surface area contributed by atoms with Crippen LogP contribution in [0.2, 0.25) is 0 Å². The van der Waals surface area contributed by atoms with E-state index in [4.69, 9.17) is 0 Å². The molecule has 0 heterocycles. The molecule has 0 fully saturated rings. The molecule has 0 unspecified atom stereocenters. The van der Waals surface area contributed by atoms with Crippen molar-refractivity contribution in [3.63, 3.8) is 0 Å². The van der Waals surface area contributed by atoms with E-state index in [0.29, 0.717) is 5.56 Å². The van der Waals surface area contributed by atoms with Crippen LogP contribution in [-0.2, 0) is 4.79 Å². The first kappa shape index (κ1) is 15.1. The Morgan fingerprint density at radius 2 is 1.74 bits per heavy atom. The Kier molecular flexibility index (Phi) is 5.43. The minimum Gasteiger partial charge on any atom is -0.295 e. The molecular formula is C17H20O2. The molecule has 2 nitrogen and oxygen atoms in total. The average molecular weight is 256 g/mol. The zero-order chi connectivity index (χ0) is 14.3. The van der Waals surface area contributed by atoms with Gasteiger partial charge in [0.2, 0.25) is 0 Å². The summed E-state index contributed by atoms with van der Waals surface area (Å²) in [5.74, 6) is 0.0457. The molecule has 0 saturated heterocycles. The van der Waals surface area contributed by atoms with Crippen LogP contribution in [0.25, 0.3) is 0 Å². The molecule has 100 valence electrons. The molecule has 19 heavy (non-hydrogen) atoms. The fraction of sp³-hybridized carbons (Fsp3) is 0.294. The van der Waals surface area contributed by atoms with Crippen LogP contribution < -0.4 is 0 Å². The molecule has 0 amide bonds. The van der Waals surface area contributed by atoms with E-state index in [9.17, 15) is 9.59 Å². The summed E-state index contributed by atoms with van der Waals surface area (Å²) in [7, 11) is 0. The number of allylic oxidation sites excluding steroid dienone is 4. The fourth-order valence-electron chi connectivity index (χ4n) is 1.60. The molecule has 0 aliphatic rings. The van der Waals surface area contributed by atoms with Crippen molar-refractivity contribution in [3.05, 3.63) is 60.2 Å². The molecule has 0 radical (unpaired) electrons. The second-order valence-corrected chi connectivity index (χ2v) is 5.27. The molecule has 0 spiro atoms. The molecule has 0 aromatic heterocycles. The van der Waals surface area contributed by atoms with Crippen molar-refractivity contribution >= 4 is 11.6 Å². The number of benzene rings is 1. The van der Waals surface area contributed by atoms with Gasteiger partial charge in [-0.2, -0.15) is 0 Å². The molecule has 0 atom stereocenters. The van der Waals surface area contributed by atoms with Gasteiger partial charge in [0.1, 0.15) is 0 Å². The van der Waals surface area contributed by atoms with Crippen molar-refractivity contribution < 1.29 is 9.59 Å². The van der Waals surface area contributed by atoms with Gasteiger partial charge in [0.15, 0.2) is 11.6 Å². The topological polar surface area (TPSA) is 34.1 Å². The number of hydrogen-bond donors (Lipinski definition) is 0. The standard InChI is InChI=1S/C17H20O2/c1-14(18)8-7-12-17(2,3)13-11-16(19)15-9-5-4-6-10-15/h4-11,13H,12H2,1-3H3/b8-7+,13-11+. The van der Waals surface area contributed by atoms with Gasteiger partial charge in [-0.25, -0.2) is 0 Å². The Bertz CT molecular complexity index is 493. The second-order valence-electron chi connectivity index (χ2n) is 5.27. The highest BCUT2D eigenvalue weighted by atomic mass is 16.1. The number of carbonyl (C=O) groups is 2. The lowest BCUT2D eigenvalue weighted by Gasteiger charge is -2.17. The lowest BCUT2D eigenvalue weighted by atomic mass is 9.88. The van der Waals surface area contributed by atoms with Gasteiger partial charge in [0, 0.05) is 5.56 Å². The van der Waals surface area contributed by atoms with E-state index in [2.05, 4.69) is 0 Å². The van der Waals surface area contributed by atoms with Crippen LogP contribution in [0.1, 0.15) is 37.6 Å². The first-order chi connectivity index (χ1) is 8.91. The Morgan fingerprint density at radius 3 is 2.32 bits per heavy atom. The summed E-state index contributed by atoms with van der Waals surface area (Å²) in [6, 6.07) is 9.19. The van der Waals surface area contributed by atoms with Crippen LogP contribution >= 0.6 is 0 Å². The summed E-state index contributed by atoms with van der Waals surface area (Å²) in [4.78, 5) is 22.7. The van der Waals surface area contributed by atoms with E-state index in [1.165, 1.54) is 6.92 Å². The second kappa shape index (κ2) is 6.83. The zero-order valence-electron chi connectivity index (χ0n) is 11.7. The molecule has 0 saturated carbocycles. The first-order valence-electron chi connectivity index (χ1n) is 6.36. The summed E-state index contributed by atoms with van der Waals surface area (Å²) < 4.78 is 0. The van der Waals surface area contributed by atoms with Gasteiger partial charge in [-0.15, -0.1) is 0 Å². The Balaban J connectivity index is 2.64. The minimum absolute atomic E-state index is 0.00391. The molecule has 1 aromatic rings. The van der Waals surface area contributed by atoms with Crippen LogP contribution in [0, 0.1) is 5.41 Å². The predicted octanol–water partition coefficient (Wildman–Crippen LogP) is 3.99. The van der Waals surface area contributed by atoms with Gasteiger partial charge < -0.3 is 0 Å². The molecule has 0 aliphatic heterocycles. The normalized spacial score (nSPS) is 12.2. The van der Waals surface area contributed by atoms with Crippen molar-refractivity contribution in [1.29, 1.82) is 0 Å². The molecule has 0 bridgehead atoms. The van der Waals surface area contributed by atoms with E-state index >= 15 is 0 Å². The Hall–Kier alpha value is -1.96. The van der Waals surface area contributed by atoms with Crippen molar-refractivity contribution in [2.45, 2.75) is 27.2 Å². The lowest BCUT2D eigenvalue weighted by molar-refractivity contribution is -0.112. The number of carbonyl (C=O) groups excluding carboxylic acids is 2. The quantitative estimate of drug-likeness (QED) is 0.569. The van der Waals surface area contributed by atoms with Crippen LogP contribution in [0.4, 0.5) is 0 Å². The van der Waals surface area contributed by atoms with E-state index in [-0.39, 0.29) is 17.0 Å². The molecule has 1 aromatic carbocycles. The molecule has 2 heteroatoms. The van der Waals surface area contributed by atoms with E-state index in [0.717, 1.165) is 6.42 Å². The predicted molar refractivity (Wildman–Crippen MR) is 78.1 cm³/mol. The largest absolute Gasteiger partial charge is 0.295 e. The summed E-state index contributed by atoms with van der Waals surface area (Å²) in [5, 5.41) is 0. The maximum absolute atomic E-state index is 11.9. The molecule has 1 rings (SSSR count). The fourth-order valence-corrected chi connectivity index (χ4v) is 1.60. The maximum atomic E-state index is 11.9. The van der Waals surface area contributed by atoms with Crippen LogP contribution in [-0.4, -0.2) is 11.6 Å². The van der Waals surface area contributed by atoms with Gasteiger partial charge in [0.05, 0.1) is 0 Å². The molecule has 0 N–H and O–H groups in total. The van der Waals surface area contributed by atoms with Gasteiger partial charge in [0.25, 0.3) is 0 Å². The first-order valence-corrected chi connectivity index (χ1v) is 6.36. The third-order valence-electron chi connectivity index (χ3n) is 2.74. The minimum atomic E-state index is -0.142. The average Bonchev–Trinajstić information content (AvgIpc) is 2.36. The third-order valence-corrected chi connectivity index (χ3v) is 2.74. The number of hydrogen-bond acceptors (Lipinski definition) is 2. The summed E-state index contributed by atoms with van der Waals surface area (Å²) in [6.07, 6.45) is 7.64. The zero-order valence-corrected chi connectivity index (χ0v) is 11.7. The van der Waals surface area contributed by atoms with Crippen molar-refractivity contribution in [1.82, 2.24) is 0 Å². The van der Waals surface area contributed by atoms with Crippen LogP contribution in [0.5, 0.6) is 0 Å². The Labute approximate surface area is 114 Å². The van der Waals surface area contributed by atoms with Gasteiger partial charge in [-0.3, -0.25) is 9.59 Å². The molecular weight excluding hydrogens is 236 g/mol. The highest BCUT2D eigenvalue weighted by molar-refractivity contribution is 6.04. The number of rotatable bonds is 6. The van der Waals surface area contributed by atoms with Gasteiger partial charge in [-0.05, 0) is 30.9 Å². The van der Waals surface area contributed by atoms with Crippen LogP contribution in [0.15, 0.2) is 54.6 Å². The van der Waals surface area contributed by atoms with Crippen molar-refractivity contribution in [2.24, 2.45) is 5.41 Å². The third kappa shape index (κ3) is 5.96. The van der Waals surface area contributed by atoms with E-state index in [1.54, 1.807) is 24.3 Å². The van der Waals surface area contributed by atoms with Crippen LogP contribution in [0.3, 0.4) is 0 Å². The van der Waals surface area contributed by atoms with E-state index < -0.39 is 0 Å². The van der Waals surface area contributed by atoms with E-state index in [1.807, 2.05) is 44.2 Å². The maximum Gasteiger partial charge on any atom is 0.185 e. The van der Waals surface area contributed by atoms with Crippen molar-refractivity contribution in [2.75, 3.05) is 0 Å². The Morgan fingerprint density at radius 1 is 1.11 bits per heavy atom. The van der Waals surface area contributed by atoms with Crippen molar-refractivity contribution in [3.8, 4) is 0 Å².